The molecule has 7 heteroatoms. The van der Waals surface area contributed by atoms with Gasteiger partial charge in [0.05, 0.1) is 20.8 Å². The van der Waals surface area contributed by atoms with E-state index in [1.165, 1.54) is 0 Å². The highest BCUT2D eigenvalue weighted by Crippen LogP contribution is 2.48. The van der Waals surface area contributed by atoms with Crippen LogP contribution in [0.25, 0.3) is 0 Å². The van der Waals surface area contributed by atoms with Crippen molar-refractivity contribution in [1.82, 2.24) is 0 Å². The van der Waals surface area contributed by atoms with Gasteiger partial charge in [-0.25, -0.2) is 0 Å². The van der Waals surface area contributed by atoms with E-state index in [1.54, 1.807) is 20.3 Å². The van der Waals surface area contributed by atoms with E-state index >= 15 is 0 Å². The minimum Gasteiger partial charge on any atom is -0.493 e. The first-order valence-corrected chi connectivity index (χ1v) is 12.2. The van der Waals surface area contributed by atoms with Gasteiger partial charge in [-0.05, 0) is 55.0 Å². The van der Waals surface area contributed by atoms with Crippen molar-refractivity contribution in [2.24, 2.45) is 10.9 Å². The number of hydrogen-bond acceptors (Lipinski definition) is 6. The van der Waals surface area contributed by atoms with Crippen LogP contribution in [0.5, 0.6) is 11.5 Å². The molecule has 0 spiro atoms. The molecule has 0 radical (unpaired) electrons. The summed E-state index contributed by atoms with van der Waals surface area (Å²) in [6, 6.07) is 13.1. The van der Waals surface area contributed by atoms with Crippen molar-refractivity contribution in [3.8, 4) is 11.5 Å². The molecule has 6 nitrogen and oxygen atoms in total. The maximum atomic E-state index is 13.7. The van der Waals surface area contributed by atoms with Gasteiger partial charge < -0.3 is 14.2 Å². The summed E-state index contributed by atoms with van der Waals surface area (Å²) in [4.78, 5) is 31.6. The fraction of sp³-hybridized carbons (Fsp3) is 0.393. The van der Waals surface area contributed by atoms with Gasteiger partial charge in [0.2, 0.25) is 0 Å². The third kappa shape index (κ3) is 4.85. The fourth-order valence-electron chi connectivity index (χ4n) is 5.06. The number of carbonyl (C=O) groups is 2. The molecule has 0 saturated carbocycles. The van der Waals surface area contributed by atoms with Crippen molar-refractivity contribution < 1.29 is 23.8 Å². The summed E-state index contributed by atoms with van der Waals surface area (Å²) in [5.74, 6) is -0.431. The summed E-state index contributed by atoms with van der Waals surface area (Å²) in [6.07, 6.45) is 1.59. The van der Waals surface area contributed by atoms with Gasteiger partial charge in [-0.2, -0.15) is 0 Å². The molecule has 0 amide bonds. The molecule has 35 heavy (non-hydrogen) atoms. The summed E-state index contributed by atoms with van der Waals surface area (Å²) in [7, 11) is 3.18. The Hall–Kier alpha value is -3.12. The van der Waals surface area contributed by atoms with E-state index in [4.69, 9.17) is 30.8 Å². The number of aliphatic imine (C=N–C) groups is 1. The van der Waals surface area contributed by atoms with Gasteiger partial charge in [0.1, 0.15) is 5.92 Å². The number of esters is 1. The molecule has 0 N–H and O–H groups in total. The van der Waals surface area contributed by atoms with Crippen LogP contribution in [-0.2, 0) is 14.3 Å². The third-order valence-corrected chi connectivity index (χ3v) is 7.05. The van der Waals surface area contributed by atoms with Crippen LogP contribution in [0.15, 0.2) is 58.7 Å². The second-order valence-electron chi connectivity index (χ2n) is 8.90. The minimum atomic E-state index is -0.693. The molecule has 2 aliphatic rings. The lowest BCUT2D eigenvalue weighted by atomic mass is 9.69. The molecule has 2 aromatic carbocycles. The average molecular weight is 496 g/mol. The highest BCUT2D eigenvalue weighted by molar-refractivity contribution is 6.31. The largest absolute Gasteiger partial charge is 0.493 e. The standard InChI is InChI=1S/C28H30ClNO5/c1-5-12-35-28(32)25-16(2)30-21-13-18(17-10-11-23(33-3)24(15-17)34-4)14-22(31)27(21)26(25)19-8-6-7-9-20(19)29/h6-11,15,18,25-26H,5,12-14H2,1-4H3/t18-,25?,26+/m0/s1. The summed E-state index contributed by atoms with van der Waals surface area (Å²) in [5.41, 5.74) is 3.64. The van der Waals surface area contributed by atoms with Crippen LogP contribution < -0.4 is 9.47 Å². The molecule has 0 fully saturated rings. The number of carbonyl (C=O) groups excluding carboxylic acids is 2. The van der Waals surface area contributed by atoms with E-state index in [2.05, 4.69) is 0 Å². The van der Waals surface area contributed by atoms with Crippen molar-refractivity contribution in [3.63, 3.8) is 0 Å². The number of hydrogen-bond donors (Lipinski definition) is 0. The highest BCUT2D eigenvalue weighted by Gasteiger charge is 2.45. The fourth-order valence-corrected chi connectivity index (χ4v) is 5.32. The highest BCUT2D eigenvalue weighted by atomic mass is 35.5. The summed E-state index contributed by atoms with van der Waals surface area (Å²) in [5, 5.41) is 0.516. The Labute approximate surface area is 210 Å². The molecule has 0 saturated heterocycles. The number of methoxy groups -OCH3 is 2. The van der Waals surface area contributed by atoms with Crippen LogP contribution in [-0.4, -0.2) is 38.3 Å². The number of rotatable bonds is 7. The Morgan fingerprint density at radius 3 is 2.51 bits per heavy atom. The number of ether oxygens (including phenoxy) is 3. The van der Waals surface area contributed by atoms with Crippen LogP contribution in [0.3, 0.4) is 0 Å². The van der Waals surface area contributed by atoms with Crippen LogP contribution in [0.4, 0.5) is 0 Å². The molecule has 1 unspecified atom stereocenters. The summed E-state index contributed by atoms with van der Waals surface area (Å²) >= 11 is 6.59. The van der Waals surface area contributed by atoms with Crippen LogP contribution in [0.2, 0.25) is 5.02 Å². The van der Waals surface area contributed by atoms with E-state index < -0.39 is 11.8 Å². The predicted molar refractivity (Wildman–Crippen MR) is 136 cm³/mol. The Morgan fingerprint density at radius 2 is 1.83 bits per heavy atom. The van der Waals surface area contributed by atoms with Gasteiger partial charge in [0, 0.05) is 34.3 Å². The zero-order valence-corrected chi connectivity index (χ0v) is 21.2. The molecule has 2 aromatic rings. The molecule has 1 heterocycles. The lowest BCUT2D eigenvalue weighted by Gasteiger charge is -2.36. The lowest BCUT2D eigenvalue weighted by molar-refractivity contribution is -0.146. The molecule has 0 bridgehead atoms. The zero-order valence-electron chi connectivity index (χ0n) is 20.5. The molecule has 0 aromatic heterocycles. The van der Waals surface area contributed by atoms with Crippen LogP contribution in [0.1, 0.15) is 56.1 Å². The first-order chi connectivity index (χ1) is 16.9. The SMILES string of the molecule is CCCOC(=O)C1C(C)=NC2=C(C(=O)C[C@@H](c3ccc(OC)c(OC)c3)C2)[C@@H]1c1ccccc1Cl. The molecular weight excluding hydrogens is 466 g/mol. The van der Waals surface area contributed by atoms with E-state index in [0.717, 1.165) is 11.1 Å². The Morgan fingerprint density at radius 1 is 1.09 bits per heavy atom. The van der Waals surface area contributed by atoms with Gasteiger partial charge in [0.15, 0.2) is 17.3 Å². The Bertz CT molecular complexity index is 1200. The number of Topliss-reactive ketones (excluding diaryl/α,β-unsaturated/α-hetero) is 1. The average Bonchev–Trinajstić information content (AvgIpc) is 2.86. The molecule has 4 rings (SSSR count). The van der Waals surface area contributed by atoms with Crippen molar-refractivity contribution in [3.05, 3.63) is 69.9 Å². The maximum Gasteiger partial charge on any atom is 0.315 e. The van der Waals surface area contributed by atoms with E-state index in [1.807, 2.05) is 50.2 Å². The first kappa shape index (κ1) is 25.0. The van der Waals surface area contributed by atoms with Crippen molar-refractivity contribution in [1.29, 1.82) is 0 Å². The number of nitrogens with zero attached hydrogens (tertiary/aromatic N) is 1. The molecule has 1 aliphatic carbocycles. The molecule has 1 aliphatic heterocycles. The summed E-state index contributed by atoms with van der Waals surface area (Å²) in [6.45, 7) is 4.09. The van der Waals surface area contributed by atoms with Crippen LogP contribution >= 0.6 is 11.6 Å². The van der Waals surface area contributed by atoms with E-state index in [9.17, 15) is 9.59 Å². The number of allylic oxidation sites excluding steroid dienone is 2. The topological polar surface area (TPSA) is 74.2 Å². The number of benzene rings is 2. The maximum absolute atomic E-state index is 13.7. The third-order valence-electron chi connectivity index (χ3n) is 6.71. The predicted octanol–water partition coefficient (Wildman–Crippen LogP) is 5.89. The van der Waals surface area contributed by atoms with Crippen molar-refractivity contribution in [2.75, 3.05) is 20.8 Å². The van der Waals surface area contributed by atoms with E-state index in [-0.39, 0.29) is 17.7 Å². The quantitative estimate of drug-likeness (QED) is 0.448. The normalized spacial score (nSPS) is 21.8. The van der Waals surface area contributed by atoms with Gasteiger partial charge in [-0.1, -0.05) is 42.8 Å². The second kappa shape index (κ2) is 10.6. The monoisotopic (exact) mass is 495 g/mol. The van der Waals surface area contributed by atoms with Crippen molar-refractivity contribution >= 4 is 29.1 Å². The van der Waals surface area contributed by atoms with Crippen LogP contribution in [0, 0.1) is 5.92 Å². The number of halogens is 1. The Balaban J connectivity index is 1.77. The summed E-state index contributed by atoms with van der Waals surface area (Å²) < 4.78 is 16.3. The first-order valence-electron chi connectivity index (χ1n) is 11.8. The molecule has 184 valence electrons. The van der Waals surface area contributed by atoms with Crippen molar-refractivity contribution in [2.45, 2.75) is 44.9 Å². The Kier molecular flexibility index (Phi) is 7.60. The van der Waals surface area contributed by atoms with E-state index in [0.29, 0.717) is 59.4 Å². The minimum absolute atomic E-state index is 0.0273. The number of ketones is 1. The molecule has 3 atom stereocenters. The smallest absolute Gasteiger partial charge is 0.315 e. The lowest BCUT2D eigenvalue weighted by Crippen LogP contribution is -2.38. The zero-order chi connectivity index (χ0) is 25.1. The second-order valence-corrected chi connectivity index (χ2v) is 9.31. The van der Waals surface area contributed by atoms with Gasteiger partial charge in [0.25, 0.3) is 0 Å². The van der Waals surface area contributed by atoms with Gasteiger partial charge >= 0.3 is 5.97 Å². The van der Waals surface area contributed by atoms with Gasteiger partial charge in [-0.3, -0.25) is 14.6 Å². The molecular formula is C28H30ClNO5. The van der Waals surface area contributed by atoms with Gasteiger partial charge in [-0.15, -0.1) is 0 Å².